The number of benzene rings is 2. The molecule has 3 heteroatoms. The number of unbranched alkanes of at least 4 members (excludes halogenated alkanes) is 1. The van der Waals surface area contributed by atoms with E-state index in [1.807, 2.05) is 18.2 Å². The second-order valence-electron chi connectivity index (χ2n) is 6.37. The molecule has 0 radical (unpaired) electrons. The zero-order valence-electron chi connectivity index (χ0n) is 15.2. The number of hydrogen-bond acceptors (Lipinski definition) is 3. The van der Waals surface area contributed by atoms with Crippen molar-refractivity contribution in [1.82, 2.24) is 4.90 Å². The van der Waals surface area contributed by atoms with E-state index in [0.29, 0.717) is 13.2 Å². The zero-order valence-corrected chi connectivity index (χ0v) is 15.2. The molecule has 0 aliphatic carbocycles. The van der Waals surface area contributed by atoms with Crippen LogP contribution in [0.2, 0.25) is 0 Å². The summed E-state index contributed by atoms with van der Waals surface area (Å²) in [5, 5.41) is 0. The standard InChI is InChI=1S/C21H30N2O/c1-4-5-14-23(3)21(15-22)18-10-12-20(13-11-18)24-16-19-9-7-6-8-17(19)2/h6-13,21H,4-5,14-16,22H2,1-3H3. The first-order valence-corrected chi connectivity index (χ1v) is 8.83. The summed E-state index contributed by atoms with van der Waals surface area (Å²) in [6.07, 6.45) is 2.40. The van der Waals surface area contributed by atoms with Crippen LogP contribution >= 0.6 is 0 Å². The summed E-state index contributed by atoms with van der Waals surface area (Å²) in [5.41, 5.74) is 9.73. The third kappa shape index (κ3) is 5.08. The predicted octanol–water partition coefficient (Wildman–Crippen LogP) is 4.31. The van der Waals surface area contributed by atoms with E-state index in [1.165, 1.54) is 29.5 Å². The summed E-state index contributed by atoms with van der Waals surface area (Å²) < 4.78 is 5.92. The van der Waals surface area contributed by atoms with E-state index in [0.717, 1.165) is 12.3 Å². The minimum Gasteiger partial charge on any atom is -0.489 e. The molecule has 2 aromatic carbocycles. The van der Waals surface area contributed by atoms with E-state index in [-0.39, 0.29) is 6.04 Å². The lowest BCUT2D eigenvalue weighted by atomic mass is 10.1. The van der Waals surface area contributed by atoms with Gasteiger partial charge in [0, 0.05) is 12.6 Å². The maximum absolute atomic E-state index is 5.99. The molecule has 0 saturated carbocycles. The molecule has 2 N–H and O–H groups in total. The largest absolute Gasteiger partial charge is 0.489 e. The van der Waals surface area contributed by atoms with Crippen molar-refractivity contribution >= 4 is 0 Å². The van der Waals surface area contributed by atoms with Crippen LogP contribution in [0.1, 0.15) is 42.5 Å². The van der Waals surface area contributed by atoms with Crippen molar-refractivity contribution in [3.63, 3.8) is 0 Å². The average molecular weight is 326 g/mol. The van der Waals surface area contributed by atoms with Crippen molar-refractivity contribution in [2.45, 2.75) is 39.3 Å². The highest BCUT2D eigenvalue weighted by Crippen LogP contribution is 2.22. The van der Waals surface area contributed by atoms with Gasteiger partial charge in [-0.2, -0.15) is 0 Å². The summed E-state index contributed by atoms with van der Waals surface area (Å²) in [5.74, 6) is 0.897. The Balaban J connectivity index is 1.97. The number of nitrogens with zero attached hydrogens (tertiary/aromatic N) is 1. The second kappa shape index (κ2) is 9.45. The average Bonchev–Trinajstić information content (AvgIpc) is 2.61. The number of nitrogens with two attached hydrogens (primary N) is 1. The number of ether oxygens (including phenoxy) is 1. The van der Waals surface area contributed by atoms with Gasteiger partial charge in [0.2, 0.25) is 0 Å². The lowest BCUT2D eigenvalue weighted by molar-refractivity contribution is 0.246. The van der Waals surface area contributed by atoms with Crippen LogP contribution in [0, 0.1) is 6.92 Å². The Hall–Kier alpha value is -1.84. The molecular weight excluding hydrogens is 296 g/mol. The first-order chi connectivity index (χ1) is 11.7. The first kappa shape index (κ1) is 18.5. The van der Waals surface area contributed by atoms with Crippen molar-refractivity contribution in [1.29, 1.82) is 0 Å². The third-order valence-corrected chi connectivity index (χ3v) is 4.54. The van der Waals surface area contributed by atoms with Crippen LogP contribution in [0.3, 0.4) is 0 Å². The first-order valence-electron chi connectivity index (χ1n) is 8.83. The van der Waals surface area contributed by atoms with Crippen LogP contribution in [0.15, 0.2) is 48.5 Å². The molecule has 24 heavy (non-hydrogen) atoms. The molecule has 1 unspecified atom stereocenters. The van der Waals surface area contributed by atoms with Crippen molar-refractivity contribution in [3.8, 4) is 5.75 Å². The SMILES string of the molecule is CCCCN(C)C(CN)c1ccc(OCc2ccccc2C)cc1. The molecule has 0 aromatic heterocycles. The zero-order chi connectivity index (χ0) is 17.4. The molecule has 0 spiro atoms. The summed E-state index contributed by atoms with van der Waals surface area (Å²) in [7, 11) is 2.15. The quantitative estimate of drug-likeness (QED) is 0.746. The fourth-order valence-electron chi connectivity index (χ4n) is 2.85. The van der Waals surface area contributed by atoms with Gasteiger partial charge < -0.3 is 10.5 Å². The highest BCUT2D eigenvalue weighted by Gasteiger charge is 2.14. The van der Waals surface area contributed by atoms with Gasteiger partial charge in [-0.15, -0.1) is 0 Å². The number of aryl methyl sites for hydroxylation is 1. The smallest absolute Gasteiger partial charge is 0.119 e. The predicted molar refractivity (Wildman–Crippen MR) is 101 cm³/mol. The van der Waals surface area contributed by atoms with E-state index in [9.17, 15) is 0 Å². The molecule has 2 aromatic rings. The van der Waals surface area contributed by atoms with E-state index >= 15 is 0 Å². The Morgan fingerprint density at radius 2 is 1.79 bits per heavy atom. The lowest BCUT2D eigenvalue weighted by Crippen LogP contribution is -2.31. The summed E-state index contributed by atoms with van der Waals surface area (Å²) in [4.78, 5) is 2.34. The van der Waals surface area contributed by atoms with Crippen LogP contribution in [-0.2, 0) is 6.61 Å². The third-order valence-electron chi connectivity index (χ3n) is 4.54. The maximum atomic E-state index is 5.99. The summed E-state index contributed by atoms with van der Waals surface area (Å²) in [6, 6.07) is 16.9. The Morgan fingerprint density at radius 3 is 2.42 bits per heavy atom. The molecule has 0 aliphatic rings. The molecule has 2 rings (SSSR count). The Kier molecular flexibility index (Phi) is 7.29. The van der Waals surface area contributed by atoms with Gasteiger partial charge in [-0.25, -0.2) is 0 Å². The summed E-state index contributed by atoms with van der Waals surface area (Å²) in [6.45, 7) is 6.63. The van der Waals surface area contributed by atoms with E-state index in [1.54, 1.807) is 0 Å². The van der Waals surface area contributed by atoms with Gasteiger partial charge in [-0.3, -0.25) is 4.90 Å². The Bertz CT molecular complexity index is 609. The van der Waals surface area contributed by atoms with Crippen molar-refractivity contribution < 1.29 is 4.74 Å². The van der Waals surface area contributed by atoms with Crippen molar-refractivity contribution in [2.75, 3.05) is 20.1 Å². The van der Waals surface area contributed by atoms with Crippen LogP contribution in [0.4, 0.5) is 0 Å². The molecule has 0 bridgehead atoms. The van der Waals surface area contributed by atoms with Gasteiger partial charge in [0.1, 0.15) is 12.4 Å². The van der Waals surface area contributed by atoms with Crippen LogP contribution in [-0.4, -0.2) is 25.0 Å². The van der Waals surface area contributed by atoms with Crippen LogP contribution in [0.25, 0.3) is 0 Å². The second-order valence-corrected chi connectivity index (χ2v) is 6.37. The fraction of sp³-hybridized carbons (Fsp3) is 0.429. The molecule has 0 fully saturated rings. The van der Waals surface area contributed by atoms with Crippen molar-refractivity contribution in [3.05, 3.63) is 65.2 Å². The minimum atomic E-state index is 0.266. The molecule has 3 nitrogen and oxygen atoms in total. The van der Waals surface area contributed by atoms with Crippen LogP contribution in [0.5, 0.6) is 5.75 Å². The molecular formula is C21H30N2O. The highest BCUT2D eigenvalue weighted by atomic mass is 16.5. The minimum absolute atomic E-state index is 0.266. The van der Waals surface area contributed by atoms with Gasteiger partial charge in [0.25, 0.3) is 0 Å². The van der Waals surface area contributed by atoms with E-state index in [4.69, 9.17) is 10.5 Å². The van der Waals surface area contributed by atoms with Crippen LogP contribution < -0.4 is 10.5 Å². The topological polar surface area (TPSA) is 38.5 Å². The monoisotopic (exact) mass is 326 g/mol. The van der Waals surface area contributed by atoms with Gasteiger partial charge in [0.05, 0.1) is 0 Å². The van der Waals surface area contributed by atoms with Gasteiger partial charge >= 0.3 is 0 Å². The number of likely N-dealkylation sites (N-methyl/N-ethyl adjacent to an activating group) is 1. The Morgan fingerprint density at radius 1 is 1.08 bits per heavy atom. The molecule has 0 heterocycles. The molecule has 130 valence electrons. The summed E-state index contributed by atoms with van der Waals surface area (Å²) >= 11 is 0. The molecule has 0 aliphatic heterocycles. The maximum Gasteiger partial charge on any atom is 0.119 e. The van der Waals surface area contributed by atoms with E-state index in [2.05, 4.69) is 56.1 Å². The van der Waals surface area contributed by atoms with Crippen molar-refractivity contribution in [2.24, 2.45) is 5.73 Å². The van der Waals surface area contributed by atoms with E-state index < -0.39 is 0 Å². The highest BCUT2D eigenvalue weighted by molar-refractivity contribution is 5.31. The van der Waals surface area contributed by atoms with Gasteiger partial charge in [-0.1, -0.05) is 49.7 Å². The number of rotatable bonds is 9. The molecule has 1 atom stereocenters. The molecule has 0 amide bonds. The fourth-order valence-corrected chi connectivity index (χ4v) is 2.85. The van der Waals surface area contributed by atoms with Gasteiger partial charge in [0.15, 0.2) is 0 Å². The lowest BCUT2D eigenvalue weighted by Gasteiger charge is -2.27. The number of hydrogen-bond donors (Lipinski definition) is 1. The molecule has 0 saturated heterocycles. The Labute approximate surface area is 146 Å². The van der Waals surface area contributed by atoms with Gasteiger partial charge in [-0.05, 0) is 55.8 Å². The normalized spacial score (nSPS) is 12.4.